The smallest absolute Gasteiger partial charge is 0.323 e. The SMILES string of the molecule is O=C1NC2(CCCC2)C(=O)N1c1ccc(Br)cc1. The minimum Gasteiger partial charge on any atom is -0.323 e. The van der Waals surface area contributed by atoms with Gasteiger partial charge in [-0.1, -0.05) is 28.8 Å². The van der Waals surface area contributed by atoms with Crippen molar-refractivity contribution in [1.29, 1.82) is 0 Å². The monoisotopic (exact) mass is 308 g/mol. The predicted octanol–water partition coefficient (Wildman–Crippen LogP) is 2.82. The van der Waals surface area contributed by atoms with E-state index >= 15 is 0 Å². The number of hydrogen-bond acceptors (Lipinski definition) is 2. The van der Waals surface area contributed by atoms with Gasteiger partial charge in [0.1, 0.15) is 5.54 Å². The lowest BCUT2D eigenvalue weighted by atomic mass is 9.98. The third-order valence-electron chi connectivity index (χ3n) is 3.70. The van der Waals surface area contributed by atoms with Crippen LogP contribution in [0.25, 0.3) is 0 Å². The Labute approximate surface area is 113 Å². The van der Waals surface area contributed by atoms with E-state index in [0.717, 1.165) is 30.2 Å². The van der Waals surface area contributed by atoms with Crippen LogP contribution in [0.2, 0.25) is 0 Å². The van der Waals surface area contributed by atoms with Crippen LogP contribution in [-0.2, 0) is 4.79 Å². The van der Waals surface area contributed by atoms with Gasteiger partial charge >= 0.3 is 6.03 Å². The normalized spacial score (nSPS) is 21.7. The molecule has 0 bridgehead atoms. The molecule has 0 radical (unpaired) electrons. The van der Waals surface area contributed by atoms with Crippen molar-refractivity contribution in [3.05, 3.63) is 28.7 Å². The van der Waals surface area contributed by atoms with Gasteiger partial charge in [-0.05, 0) is 37.1 Å². The number of carbonyl (C=O) groups excluding carboxylic acids is 2. The fraction of sp³-hybridized carbons (Fsp3) is 0.385. The second kappa shape index (κ2) is 4.09. The van der Waals surface area contributed by atoms with Gasteiger partial charge in [0, 0.05) is 4.47 Å². The summed E-state index contributed by atoms with van der Waals surface area (Å²) < 4.78 is 0.925. The lowest BCUT2D eigenvalue weighted by molar-refractivity contribution is -0.121. The Balaban J connectivity index is 1.95. The van der Waals surface area contributed by atoms with Gasteiger partial charge < -0.3 is 5.32 Å². The molecular weight excluding hydrogens is 296 g/mol. The molecule has 18 heavy (non-hydrogen) atoms. The zero-order chi connectivity index (χ0) is 12.8. The number of nitrogens with one attached hydrogen (secondary N) is 1. The number of benzene rings is 1. The molecule has 1 saturated carbocycles. The van der Waals surface area contributed by atoms with Crippen LogP contribution in [0.3, 0.4) is 0 Å². The molecule has 1 N–H and O–H groups in total. The van der Waals surface area contributed by atoms with Crippen molar-refractivity contribution in [1.82, 2.24) is 5.32 Å². The Morgan fingerprint density at radius 3 is 2.33 bits per heavy atom. The van der Waals surface area contributed by atoms with E-state index < -0.39 is 5.54 Å². The molecule has 0 atom stereocenters. The molecular formula is C13H13BrN2O2. The van der Waals surface area contributed by atoms with Crippen molar-refractivity contribution in [3.63, 3.8) is 0 Å². The first-order valence-electron chi connectivity index (χ1n) is 6.05. The standard InChI is InChI=1S/C13H13BrN2O2/c14-9-3-5-10(6-4-9)16-11(17)13(15-12(16)18)7-1-2-8-13/h3-6H,1-2,7-8H2,(H,15,18). The van der Waals surface area contributed by atoms with E-state index in [0.29, 0.717) is 5.69 Å². The molecule has 1 spiro atoms. The zero-order valence-corrected chi connectivity index (χ0v) is 11.4. The summed E-state index contributed by atoms with van der Waals surface area (Å²) in [5.41, 5.74) is -0.00562. The average Bonchev–Trinajstić information content (AvgIpc) is 2.89. The van der Waals surface area contributed by atoms with Crippen molar-refractivity contribution in [2.24, 2.45) is 0 Å². The lowest BCUT2D eigenvalue weighted by Crippen LogP contribution is -2.44. The van der Waals surface area contributed by atoms with E-state index in [1.54, 1.807) is 12.1 Å². The average molecular weight is 309 g/mol. The molecule has 1 aliphatic carbocycles. The number of amides is 3. The number of urea groups is 1. The number of anilines is 1. The Morgan fingerprint density at radius 1 is 1.11 bits per heavy atom. The highest BCUT2D eigenvalue weighted by Gasteiger charge is 2.52. The van der Waals surface area contributed by atoms with E-state index in [9.17, 15) is 9.59 Å². The maximum Gasteiger partial charge on any atom is 0.329 e. The Hall–Kier alpha value is -1.36. The van der Waals surface area contributed by atoms with Gasteiger partial charge in [0.2, 0.25) is 0 Å². The summed E-state index contributed by atoms with van der Waals surface area (Å²) in [6.45, 7) is 0. The van der Waals surface area contributed by atoms with Gasteiger partial charge in [-0.3, -0.25) is 4.79 Å². The lowest BCUT2D eigenvalue weighted by Gasteiger charge is -2.19. The molecule has 1 aromatic carbocycles. The number of halogens is 1. The first-order chi connectivity index (χ1) is 8.62. The van der Waals surface area contributed by atoms with E-state index in [2.05, 4.69) is 21.2 Å². The number of nitrogens with zero attached hydrogens (tertiary/aromatic N) is 1. The molecule has 2 aliphatic rings. The molecule has 0 aromatic heterocycles. The fourth-order valence-corrected chi connectivity index (χ4v) is 3.03. The molecule has 3 amide bonds. The summed E-state index contributed by atoms with van der Waals surface area (Å²) in [7, 11) is 0. The molecule has 2 fully saturated rings. The van der Waals surface area contributed by atoms with E-state index in [1.807, 2.05) is 12.1 Å². The largest absolute Gasteiger partial charge is 0.329 e. The van der Waals surface area contributed by atoms with Crippen molar-refractivity contribution in [3.8, 4) is 0 Å². The highest BCUT2D eigenvalue weighted by molar-refractivity contribution is 9.10. The molecule has 5 heteroatoms. The number of imide groups is 1. The van der Waals surface area contributed by atoms with E-state index in [-0.39, 0.29) is 11.9 Å². The van der Waals surface area contributed by atoms with Crippen molar-refractivity contribution in [2.45, 2.75) is 31.2 Å². The van der Waals surface area contributed by atoms with Gasteiger partial charge in [0.05, 0.1) is 5.69 Å². The zero-order valence-electron chi connectivity index (χ0n) is 9.78. The Morgan fingerprint density at radius 2 is 1.72 bits per heavy atom. The highest BCUT2D eigenvalue weighted by Crippen LogP contribution is 2.37. The van der Waals surface area contributed by atoms with Crippen LogP contribution in [-0.4, -0.2) is 17.5 Å². The minimum absolute atomic E-state index is 0.104. The minimum atomic E-state index is -0.635. The van der Waals surface area contributed by atoms with Gasteiger partial charge in [-0.25, -0.2) is 9.69 Å². The number of hydrogen-bond donors (Lipinski definition) is 1. The molecule has 3 rings (SSSR count). The van der Waals surface area contributed by atoms with Gasteiger partial charge in [-0.15, -0.1) is 0 Å². The molecule has 4 nitrogen and oxygen atoms in total. The highest BCUT2D eigenvalue weighted by atomic mass is 79.9. The maximum atomic E-state index is 12.5. The van der Waals surface area contributed by atoms with Gasteiger partial charge in [0.15, 0.2) is 0 Å². The van der Waals surface area contributed by atoms with Crippen LogP contribution < -0.4 is 10.2 Å². The summed E-state index contributed by atoms with van der Waals surface area (Å²) >= 11 is 3.34. The first kappa shape index (κ1) is 11.7. The molecule has 1 aliphatic heterocycles. The summed E-state index contributed by atoms with van der Waals surface area (Å²) in [5.74, 6) is -0.104. The second-order valence-electron chi connectivity index (χ2n) is 4.84. The van der Waals surface area contributed by atoms with Gasteiger partial charge in [0.25, 0.3) is 5.91 Å². The van der Waals surface area contributed by atoms with Crippen molar-refractivity contribution in [2.75, 3.05) is 4.90 Å². The second-order valence-corrected chi connectivity index (χ2v) is 5.75. The molecule has 1 aromatic rings. The molecule has 1 saturated heterocycles. The van der Waals surface area contributed by atoms with Crippen LogP contribution >= 0.6 is 15.9 Å². The van der Waals surface area contributed by atoms with Crippen LogP contribution in [0.5, 0.6) is 0 Å². The van der Waals surface area contributed by atoms with E-state index in [1.165, 1.54) is 4.90 Å². The first-order valence-corrected chi connectivity index (χ1v) is 6.84. The third kappa shape index (κ3) is 1.65. The van der Waals surface area contributed by atoms with Crippen LogP contribution in [0.4, 0.5) is 10.5 Å². The maximum absolute atomic E-state index is 12.5. The summed E-state index contributed by atoms with van der Waals surface area (Å²) in [6, 6.07) is 6.90. The third-order valence-corrected chi connectivity index (χ3v) is 4.23. The Bertz CT molecular complexity index is 506. The van der Waals surface area contributed by atoms with E-state index in [4.69, 9.17) is 0 Å². The predicted molar refractivity (Wildman–Crippen MR) is 71.4 cm³/mol. The van der Waals surface area contributed by atoms with Crippen LogP contribution in [0.1, 0.15) is 25.7 Å². The van der Waals surface area contributed by atoms with Gasteiger partial charge in [-0.2, -0.15) is 0 Å². The molecule has 94 valence electrons. The topological polar surface area (TPSA) is 49.4 Å². The van der Waals surface area contributed by atoms with Crippen molar-refractivity contribution >= 4 is 33.6 Å². The van der Waals surface area contributed by atoms with Crippen LogP contribution in [0.15, 0.2) is 28.7 Å². The number of rotatable bonds is 1. The fourth-order valence-electron chi connectivity index (χ4n) is 2.76. The summed E-state index contributed by atoms with van der Waals surface area (Å²) in [5, 5.41) is 2.87. The summed E-state index contributed by atoms with van der Waals surface area (Å²) in [4.78, 5) is 25.7. The molecule has 1 heterocycles. The Kier molecular flexibility index (Phi) is 2.66. The molecule has 0 unspecified atom stereocenters. The van der Waals surface area contributed by atoms with Crippen LogP contribution in [0, 0.1) is 0 Å². The van der Waals surface area contributed by atoms with Crippen molar-refractivity contribution < 1.29 is 9.59 Å². The summed E-state index contributed by atoms with van der Waals surface area (Å²) in [6.07, 6.45) is 3.51. The quantitative estimate of drug-likeness (QED) is 0.811. The number of carbonyl (C=O) groups is 2.